The molecule has 3 atom stereocenters. The van der Waals surface area contributed by atoms with Gasteiger partial charge in [0.2, 0.25) is 0 Å². The van der Waals surface area contributed by atoms with Crippen LogP contribution in [0.3, 0.4) is 0 Å². The van der Waals surface area contributed by atoms with E-state index in [2.05, 4.69) is 14.9 Å². The van der Waals surface area contributed by atoms with Crippen LogP contribution < -0.4 is 0 Å². The Morgan fingerprint density at radius 2 is 1.63 bits per heavy atom. The molecule has 0 unspecified atom stereocenters. The summed E-state index contributed by atoms with van der Waals surface area (Å²) in [6.07, 6.45) is -12.0. The first-order valence-electron chi connectivity index (χ1n) is 11.4. The third-order valence-corrected chi connectivity index (χ3v) is 6.40. The fourth-order valence-corrected chi connectivity index (χ4v) is 4.43. The number of alkyl halides is 6. The average molecular weight is 545 g/mol. The van der Waals surface area contributed by atoms with Gasteiger partial charge in [-0.25, -0.2) is 4.39 Å². The highest BCUT2D eigenvalue weighted by atomic mass is 19.4. The van der Waals surface area contributed by atoms with E-state index >= 15 is 0 Å². The van der Waals surface area contributed by atoms with Gasteiger partial charge in [-0.1, -0.05) is 12.1 Å². The van der Waals surface area contributed by atoms with Gasteiger partial charge in [0.25, 0.3) is 0 Å². The summed E-state index contributed by atoms with van der Waals surface area (Å²) < 4.78 is 106. The first-order valence-corrected chi connectivity index (χ1v) is 11.4. The fourth-order valence-electron chi connectivity index (χ4n) is 4.43. The standard InChI is InChI=1S/C25H22F7N3O3/c1-13(15-7-16(24(27,28)29)9-17(8-15)25(30,31)32)38-20-10-21-33-34-22(11-23(36)37-2)35(21)12-19(20)14-3-5-18(26)6-4-14/h3-9,13,19-20H,10-12H2,1-2H3/t13-,19-,20+/m1/s1. The molecule has 1 aliphatic rings. The molecule has 2 heterocycles. The highest BCUT2D eigenvalue weighted by Crippen LogP contribution is 2.40. The minimum absolute atomic E-state index is 0.0590. The molecule has 3 aromatic rings. The summed E-state index contributed by atoms with van der Waals surface area (Å²) in [6, 6.07) is 6.82. The summed E-state index contributed by atoms with van der Waals surface area (Å²) in [5, 5.41) is 8.10. The number of benzene rings is 2. The maximum absolute atomic E-state index is 13.6. The monoisotopic (exact) mass is 545 g/mol. The summed E-state index contributed by atoms with van der Waals surface area (Å²) >= 11 is 0. The number of methoxy groups -OCH3 is 1. The predicted octanol–water partition coefficient (Wildman–Crippen LogP) is 5.66. The van der Waals surface area contributed by atoms with Crippen LogP contribution in [-0.2, 0) is 46.0 Å². The van der Waals surface area contributed by atoms with Crippen LogP contribution in [0.5, 0.6) is 0 Å². The molecule has 4 rings (SSSR count). The number of halogens is 7. The van der Waals surface area contributed by atoms with Gasteiger partial charge in [0.1, 0.15) is 23.9 Å². The predicted molar refractivity (Wildman–Crippen MR) is 118 cm³/mol. The first-order chi connectivity index (χ1) is 17.8. The van der Waals surface area contributed by atoms with E-state index in [9.17, 15) is 35.5 Å². The molecule has 0 radical (unpaired) electrons. The lowest BCUT2D eigenvalue weighted by Crippen LogP contribution is -2.36. The van der Waals surface area contributed by atoms with E-state index in [1.54, 1.807) is 4.57 Å². The quantitative estimate of drug-likeness (QED) is 0.296. The van der Waals surface area contributed by atoms with Crippen LogP contribution in [-0.4, -0.2) is 33.9 Å². The Labute approximate surface area is 212 Å². The normalized spacial score (nSPS) is 18.7. The van der Waals surface area contributed by atoms with E-state index in [0.29, 0.717) is 29.3 Å². The molecule has 0 spiro atoms. The van der Waals surface area contributed by atoms with Gasteiger partial charge in [-0.3, -0.25) is 4.79 Å². The van der Waals surface area contributed by atoms with Gasteiger partial charge in [0.05, 0.1) is 30.4 Å². The lowest BCUT2D eigenvalue weighted by atomic mass is 9.88. The van der Waals surface area contributed by atoms with Gasteiger partial charge in [-0.05, 0) is 48.4 Å². The number of esters is 1. The maximum Gasteiger partial charge on any atom is 0.416 e. The average Bonchev–Trinajstić information content (AvgIpc) is 3.23. The van der Waals surface area contributed by atoms with Crippen LogP contribution in [0.15, 0.2) is 42.5 Å². The van der Waals surface area contributed by atoms with E-state index in [-0.39, 0.29) is 31.0 Å². The number of carbonyl (C=O) groups is 1. The van der Waals surface area contributed by atoms with Crippen molar-refractivity contribution in [2.75, 3.05) is 7.11 Å². The number of nitrogens with zero attached hydrogens (tertiary/aromatic N) is 3. The summed E-state index contributed by atoms with van der Waals surface area (Å²) in [5.41, 5.74) is -2.57. The number of rotatable bonds is 6. The molecule has 204 valence electrons. The van der Waals surface area contributed by atoms with Crippen molar-refractivity contribution < 1.29 is 45.0 Å². The van der Waals surface area contributed by atoms with Crippen molar-refractivity contribution in [3.8, 4) is 0 Å². The number of hydrogen-bond donors (Lipinski definition) is 0. The minimum atomic E-state index is -5.00. The summed E-state index contributed by atoms with van der Waals surface area (Å²) in [6.45, 7) is 1.54. The zero-order chi connectivity index (χ0) is 27.8. The molecule has 0 saturated heterocycles. The lowest BCUT2D eigenvalue weighted by Gasteiger charge is -2.35. The van der Waals surface area contributed by atoms with Crippen molar-refractivity contribution in [2.24, 2.45) is 0 Å². The third kappa shape index (κ3) is 5.98. The topological polar surface area (TPSA) is 66.2 Å². The van der Waals surface area contributed by atoms with Crippen LogP contribution in [0.1, 0.15) is 52.8 Å². The van der Waals surface area contributed by atoms with Crippen molar-refractivity contribution in [2.45, 2.75) is 56.8 Å². The number of hydrogen-bond acceptors (Lipinski definition) is 5. The molecule has 38 heavy (non-hydrogen) atoms. The molecule has 1 aliphatic heterocycles. The molecular formula is C25H22F7N3O3. The summed E-state index contributed by atoms with van der Waals surface area (Å²) in [4.78, 5) is 11.8. The Bertz CT molecular complexity index is 1270. The molecule has 0 saturated carbocycles. The smallest absolute Gasteiger partial charge is 0.416 e. The highest BCUT2D eigenvalue weighted by Gasteiger charge is 2.39. The van der Waals surface area contributed by atoms with Crippen LogP contribution in [0.2, 0.25) is 0 Å². The largest absolute Gasteiger partial charge is 0.469 e. The van der Waals surface area contributed by atoms with Crippen molar-refractivity contribution >= 4 is 5.97 Å². The molecule has 0 aliphatic carbocycles. The Balaban J connectivity index is 1.69. The summed E-state index contributed by atoms with van der Waals surface area (Å²) in [7, 11) is 1.22. The van der Waals surface area contributed by atoms with E-state index in [1.165, 1.54) is 38.3 Å². The van der Waals surface area contributed by atoms with E-state index < -0.39 is 53.4 Å². The van der Waals surface area contributed by atoms with Gasteiger partial charge >= 0.3 is 18.3 Å². The molecule has 0 bridgehead atoms. The molecular weight excluding hydrogens is 523 g/mol. The van der Waals surface area contributed by atoms with E-state index in [4.69, 9.17) is 4.74 Å². The molecule has 2 aromatic carbocycles. The first kappa shape index (κ1) is 27.6. The van der Waals surface area contributed by atoms with Gasteiger partial charge in [-0.15, -0.1) is 10.2 Å². The zero-order valence-electron chi connectivity index (χ0n) is 20.1. The van der Waals surface area contributed by atoms with E-state index in [1.807, 2.05) is 0 Å². The van der Waals surface area contributed by atoms with Crippen LogP contribution in [0.25, 0.3) is 0 Å². The molecule has 0 fully saturated rings. The second kappa shape index (κ2) is 10.4. The molecule has 6 nitrogen and oxygen atoms in total. The van der Waals surface area contributed by atoms with Gasteiger partial charge in [0.15, 0.2) is 0 Å². The van der Waals surface area contributed by atoms with E-state index in [0.717, 1.165) is 0 Å². The second-order valence-electron chi connectivity index (χ2n) is 8.91. The Hall–Kier alpha value is -3.48. The highest BCUT2D eigenvalue weighted by molar-refractivity contribution is 5.71. The molecule has 0 amide bonds. The van der Waals surface area contributed by atoms with Crippen molar-refractivity contribution in [1.29, 1.82) is 0 Å². The Morgan fingerprint density at radius 3 is 2.18 bits per heavy atom. The maximum atomic E-state index is 13.6. The molecule has 13 heteroatoms. The number of carbonyl (C=O) groups excluding carboxylic acids is 1. The minimum Gasteiger partial charge on any atom is -0.469 e. The Kier molecular flexibility index (Phi) is 7.51. The van der Waals surface area contributed by atoms with Crippen LogP contribution in [0, 0.1) is 5.82 Å². The number of fused-ring (bicyclic) bond motifs is 1. The van der Waals surface area contributed by atoms with Crippen LogP contribution >= 0.6 is 0 Å². The second-order valence-corrected chi connectivity index (χ2v) is 8.91. The van der Waals surface area contributed by atoms with Gasteiger partial charge < -0.3 is 14.0 Å². The van der Waals surface area contributed by atoms with Crippen molar-refractivity contribution in [3.63, 3.8) is 0 Å². The van der Waals surface area contributed by atoms with Crippen molar-refractivity contribution in [3.05, 3.63) is 82.2 Å². The number of aromatic nitrogens is 3. The Morgan fingerprint density at radius 1 is 1.03 bits per heavy atom. The lowest BCUT2D eigenvalue weighted by molar-refractivity contribution is -0.143. The zero-order valence-corrected chi connectivity index (χ0v) is 20.1. The van der Waals surface area contributed by atoms with Gasteiger partial charge in [0, 0.05) is 18.9 Å². The SMILES string of the molecule is COC(=O)Cc1nnc2n1C[C@H](c1ccc(F)cc1)[C@@H](O[C@H](C)c1cc(C(F)(F)F)cc(C(F)(F)F)c1)C2. The summed E-state index contributed by atoms with van der Waals surface area (Å²) in [5.74, 6) is -0.811. The number of ether oxygens (including phenoxy) is 2. The van der Waals surface area contributed by atoms with Crippen LogP contribution in [0.4, 0.5) is 30.7 Å². The molecule has 1 aromatic heterocycles. The molecule has 0 N–H and O–H groups in total. The van der Waals surface area contributed by atoms with Crippen molar-refractivity contribution in [1.82, 2.24) is 14.8 Å². The fraction of sp³-hybridized carbons (Fsp3) is 0.400. The van der Waals surface area contributed by atoms with Gasteiger partial charge in [-0.2, -0.15) is 26.3 Å². The third-order valence-electron chi connectivity index (χ3n) is 6.40.